The fourth-order valence-corrected chi connectivity index (χ4v) is 4.50. The Bertz CT molecular complexity index is 456. The van der Waals surface area contributed by atoms with E-state index in [-0.39, 0.29) is 5.54 Å². The number of hydrogen-bond donors (Lipinski definition) is 1. The summed E-state index contributed by atoms with van der Waals surface area (Å²) in [6.45, 7) is 4.21. The Hall–Kier alpha value is -0.840. The van der Waals surface area contributed by atoms with E-state index in [4.69, 9.17) is 10.2 Å². The van der Waals surface area contributed by atoms with Crippen molar-refractivity contribution in [2.75, 3.05) is 19.6 Å². The van der Waals surface area contributed by atoms with Gasteiger partial charge in [-0.2, -0.15) is 0 Å². The van der Waals surface area contributed by atoms with E-state index in [1.165, 1.54) is 45.2 Å². The molecule has 1 aromatic rings. The van der Waals surface area contributed by atoms with Crippen molar-refractivity contribution in [3.05, 3.63) is 24.2 Å². The molecule has 0 aromatic carbocycles. The number of hydrogen-bond acceptors (Lipinski definition) is 4. The van der Waals surface area contributed by atoms with Gasteiger partial charge in [0, 0.05) is 25.2 Å². The molecule has 0 bridgehead atoms. The van der Waals surface area contributed by atoms with Crippen LogP contribution in [0.15, 0.2) is 22.8 Å². The SMILES string of the molecule is NCC1(N(Cc2ccco2)C2CC2)CCN2CCCC21. The van der Waals surface area contributed by atoms with Crippen LogP contribution in [0.25, 0.3) is 0 Å². The number of rotatable bonds is 5. The van der Waals surface area contributed by atoms with Gasteiger partial charge in [0.1, 0.15) is 5.76 Å². The van der Waals surface area contributed by atoms with Crippen LogP contribution in [-0.2, 0) is 6.54 Å². The highest BCUT2D eigenvalue weighted by atomic mass is 16.3. The fraction of sp³-hybridized carbons (Fsp3) is 0.750. The predicted molar refractivity (Wildman–Crippen MR) is 78.3 cm³/mol. The average molecular weight is 275 g/mol. The van der Waals surface area contributed by atoms with Crippen LogP contribution in [0.2, 0.25) is 0 Å². The van der Waals surface area contributed by atoms with Gasteiger partial charge in [-0.25, -0.2) is 0 Å². The first-order valence-electron chi connectivity index (χ1n) is 8.07. The van der Waals surface area contributed by atoms with Crippen molar-refractivity contribution in [3.63, 3.8) is 0 Å². The van der Waals surface area contributed by atoms with Crippen molar-refractivity contribution in [2.45, 2.75) is 56.3 Å². The van der Waals surface area contributed by atoms with E-state index in [2.05, 4.69) is 15.9 Å². The predicted octanol–water partition coefficient (Wildman–Crippen LogP) is 1.81. The van der Waals surface area contributed by atoms with Gasteiger partial charge in [0.2, 0.25) is 0 Å². The Morgan fingerprint density at radius 3 is 2.95 bits per heavy atom. The summed E-state index contributed by atoms with van der Waals surface area (Å²) in [5, 5.41) is 0. The smallest absolute Gasteiger partial charge is 0.117 e. The summed E-state index contributed by atoms with van der Waals surface area (Å²) in [5.74, 6) is 1.08. The average Bonchev–Trinajstić information content (AvgIpc) is 2.91. The second kappa shape index (κ2) is 4.86. The number of nitrogens with two attached hydrogens (primary N) is 1. The van der Waals surface area contributed by atoms with Gasteiger partial charge in [-0.05, 0) is 50.8 Å². The molecule has 1 aromatic heterocycles. The van der Waals surface area contributed by atoms with E-state index in [1.54, 1.807) is 6.26 Å². The van der Waals surface area contributed by atoms with E-state index >= 15 is 0 Å². The van der Waals surface area contributed by atoms with Gasteiger partial charge in [-0.1, -0.05) is 0 Å². The minimum atomic E-state index is 0.185. The first-order valence-corrected chi connectivity index (χ1v) is 8.07. The van der Waals surface area contributed by atoms with Crippen LogP contribution >= 0.6 is 0 Å². The van der Waals surface area contributed by atoms with E-state index < -0.39 is 0 Å². The molecule has 2 unspecified atom stereocenters. The highest BCUT2D eigenvalue weighted by molar-refractivity contribution is 5.14. The van der Waals surface area contributed by atoms with Gasteiger partial charge in [0.25, 0.3) is 0 Å². The van der Waals surface area contributed by atoms with E-state index in [9.17, 15) is 0 Å². The molecule has 1 aliphatic carbocycles. The van der Waals surface area contributed by atoms with Crippen LogP contribution in [0.4, 0.5) is 0 Å². The van der Waals surface area contributed by atoms with Crippen LogP contribution in [0, 0.1) is 0 Å². The first kappa shape index (κ1) is 12.9. The number of furan rings is 1. The topological polar surface area (TPSA) is 45.6 Å². The fourth-order valence-electron chi connectivity index (χ4n) is 4.50. The largest absolute Gasteiger partial charge is 0.468 e. The third-order valence-corrected chi connectivity index (χ3v) is 5.64. The summed E-state index contributed by atoms with van der Waals surface area (Å²) in [4.78, 5) is 5.37. The second-order valence-electron chi connectivity index (χ2n) is 6.69. The molecule has 1 saturated carbocycles. The summed E-state index contributed by atoms with van der Waals surface area (Å²) < 4.78 is 5.61. The molecule has 2 atom stereocenters. The molecule has 3 heterocycles. The van der Waals surface area contributed by atoms with Crippen LogP contribution in [0.1, 0.15) is 37.9 Å². The monoisotopic (exact) mass is 275 g/mol. The van der Waals surface area contributed by atoms with Crippen LogP contribution in [0.5, 0.6) is 0 Å². The zero-order chi connectivity index (χ0) is 13.6. The first-order chi connectivity index (χ1) is 9.83. The van der Waals surface area contributed by atoms with Crippen molar-refractivity contribution >= 4 is 0 Å². The van der Waals surface area contributed by atoms with Crippen molar-refractivity contribution < 1.29 is 4.42 Å². The van der Waals surface area contributed by atoms with Crippen molar-refractivity contribution in [3.8, 4) is 0 Å². The van der Waals surface area contributed by atoms with Crippen LogP contribution < -0.4 is 5.73 Å². The van der Waals surface area contributed by atoms with Crippen molar-refractivity contribution in [1.29, 1.82) is 0 Å². The normalized spacial score (nSPS) is 34.0. The number of nitrogens with zero attached hydrogens (tertiary/aromatic N) is 2. The maximum Gasteiger partial charge on any atom is 0.117 e. The molecule has 4 nitrogen and oxygen atoms in total. The lowest BCUT2D eigenvalue weighted by atomic mass is 9.86. The molecule has 4 heteroatoms. The van der Waals surface area contributed by atoms with Gasteiger partial charge < -0.3 is 10.2 Å². The molecular weight excluding hydrogens is 250 g/mol. The van der Waals surface area contributed by atoms with Crippen molar-refractivity contribution in [1.82, 2.24) is 9.80 Å². The van der Waals surface area contributed by atoms with Gasteiger partial charge in [-0.3, -0.25) is 9.80 Å². The van der Waals surface area contributed by atoms with E-state index in [0.717, 1.165) is 24.9 Å². The minimum Gasteiger partial charge on any atom is -0.468 e. The van der Waals surface area contributed by atoms with Gasteiger partial charge in [0.05, 0.1) is 18.3 Å². The molecule has 2 N–H and O–H groups in total. The van der Waals surface area contributed by atoms with Gasteiger partial charge in [-0.15, -0.1) is 0 Å². The van der Waals surface area contributed by atoms with Gasteiger partial charge >= 0.3 is 0 Å². The summed E-state index contributed by atoms with van der Waals surface area (Å²) in [6, 6.07) is 5.49. The molecule has 2 aliphatic heterocycles. The maximum absolute atomic E-state index is 6.32. The zero-order valence-electron chi connectivity index (χ0n) is 12.1. The summed E-state index contributed by atoms with van der Waals surface area (Å²) in [6.07, 6.45) is 8.33. The summed E-state index contributed by atoms with van der Waals surface area (Å²) in [7, 11) is 0. The molecule has 3 fully saturated rings. The molecule has 20 heavy (non-hydrogen) atoms. The Balaban J connectivity index is 1.63. The third-order valence-electron chi connectivity index (χ3n) is 5.64. The lowest BCUT2D eigenvalue weighted by molar-refractivity contribution is 0.0438. The standard InChI is InChI=1S/C16H25N3O/c17-12-16(7-9-18-8-1-4-15(16)18)19(13-5-6-13)11-14-3-2-10-20-14/h2-3,10,13,15H,1,4-9,11-12,17H2. The lowest BCUT2D eigenvalue weighted by Crippen LogP contribution is -2.60. The second-order valence-corrected chi connectivity index (χ2v) is 6.69. The maximum atomic E-state index is 6.32. The quantitative estimate of drug-likeness (QED) is 0.890. The molecule has 4 rings (SSSR count). The van der Waals surface area contributed by atoms with Crippen LogP contribution in [-0.4, -0.2) is 47.1 Å². The molecule has 0 spiro atoms. The lowest BCUT2D eigenvalue weighted by Gasteiger charge is -2.44. The third kappa shape index (κ3) is 1.93. The van der Waals surface area contributed by atoms with Crippen molar-refractivity contribution in [2.24, 2.45) is 5.73 Å². The molecule has 110 valence electrons. The minimum absolute atomic E-state index is 0.185. The highest BCUT2D eigenvalue weighted by Gasteiger charge is 2.54. The Kier molecular flexibility index (Phi) is 3.13. The number of fused-ring (bicyclic) bond motifs is 1. The van der Waals surface area contributed by atoms with E-state index in [0.29, 0.717) is 6.04 Å². The molecule has 3 aliphatic rings. The Morgan fingerprint density at radius 2 is 2.25 bits per heavy atom. The van der Waals surface area contributed by atoms with E-state index in [1.807, 2.05) is 6.07 Å². The molecular formula is C16H25N3O. The molecule has 0 amide bonds. The Morgan fingerprint density at radius 1 is 1.35 bits per heavy atom. The summed E-state index contributed by atoms with van der Waals surface area (Å²) in [5.41, 5.74) is 6.51. The molecule has 2 saturated heterocycles. The highest BCUT2D eigenvalue weighted by Crippen LogP contribution is 2.45. The summed E-state index contributed by atoms with van der Waals surface area (Å²) >= 11 is 0. The molecule has 0 radical (unpaired) electrons. The zero-order valence-corrected chi connectivity index (χ0v) is 12.1. The Labute approximate surface area is 120 Å². The van der Waals surface area contributed by atoms with Gasteiger partial charge in [0.15, 0.2) is 0 Å². The van der Waals surface area contributed by atoms with Crippen LogP contribution in [0.3, 0.4) is 0 Å².